The average molecular weight is 508 g/mol. The lowest BCUT2D eigenvalue weighted by Gasteiger charge is -2.29. The van der Waals surface area contributed by atoms with Crippen LogP contribution in [0.25, 0.3) is 5.76 Å². The van der Waals surface area contributed by atoms with Crippen LogP contribution >= 0.6 is 0 Å². The number of hydrogen-bond acceptors (Lipinski definition) is 7. The second-order valence-electron chi connectivity index (χ2n) is 9.70. The molecule has 0 aliphatic carbocycles. The van der Waals surface area contributed by atoms with E-state index >= 15 is 0 Å². The van der Waals surface area contributed by atoms with E-state index in [4.69, 9.17) is 9.47 Å². The lowest BCUT2D eigenvalue weighted by Crippen LogP contribution is -2.38. The number of ether oxygens (including phenoxy) is 2. The van der Waals surface area contributed by atoms with E-state index in [9.17, 15) is 14.7 Å². The Morgan fingerprint density at radius 3 is 2.41 bits per heavy atom. The number of anilines is 1. The van der Waals surface area contributed by atoms with Gasteiger partial charge in [0.05, 0.1) is 31.4 Å². The third-order valence-electron chi connectivity index (χ3n) is 6.99. The number of carbonyl (C=O) groups is 2. The minimum atomic E-state index is -0.659. The van der Waals surface area contributed by atoms with E-state index in [1.54, 1.807) is 23.1 Å². The van der Waals surface area contributed by atoms with Gasteiger partial charge in [-0.25, -0.2) is 0 Å². The van der Waals surface area contributed by atoms with Crippen molar-refractivity contribution >= 4 is 23.1 Å². The van der Waals surface area contributed by atoms with Gasteiger partial charge in [0, 0.05) is 51.5 Å². The van der Waals surface area contributed by atoms with E-state index in [1.807, 2.05) is 57.1 Å². The topological polar surface area (TPSA) is 82.5 Å². The number of amides is 1. The third-order valence-corrected chi connectivity index (χ3v) is 6.99. The van der Waals surface area contributed by atoms with Gasteiger partial charge in [0.15, 0.2) is 0 Å². The van der Waals surface area contributed by atoms with Gasteiger partial charge in [-0.15, -0.1) is 0 Å². The van der Waals surface area contributed by atoms with Gasteiger partial charge in [0.2, 0.25) is 0 Å². The fourth-order valence-electron chi connectivity index (χ4n) is 4.97. The number of likely N-dealkylation sites (tertiary alicyclic amines) is 1. The summed E-state index contributed by atoms with van der Waals surface area (Å²) in [6.07, 6.45) is 0.724. The van der Waals surface area contributed by atoms with Crippen molar-refractivity contribution in [1.82, 2.24) is 9.80 Å². The lowest BCUT2D eigenvalue weighted by atomic mass is 9.94. The summed E-state index contributed by atoms with van der Waals surface area (Å²) in [4.78, 5) is 32.5. The molecule has 4 rings (SSSR count). The molecule has 198 valence electrons. The van der Waals surface area contributed by atoms with Crippen molar-refractivity contribution in [2.75, 3.05) is 65.0 Å². The number of ketones is 1. The Morgan fingerprint density at radius 2 is 1.78 bits per heavy atom. The molecule has 2 aliphatic heterocycles. The standard InChI is InChI=1S/C29H37N3O5/c1-5-37-24-12-9-22(19-20(24)2)27(33)25-26(21-7-10-23(11-8-21)30(3)4)32(29(35)28(25)34)14-6-13-31-15-17-36-18-16-31/h7-12,19,26,33H,5-6,13-18H2,1-4H3. The third kappa shape index (κ3) is 5.81. The number of rotatable bonds is 9. The van der Waals surface area contributed by atoms with Crippen LogP contribution in [-0.4, -0.2) is 86.7 Å². The van der Waals surface area contributed by atoms with Gasteiger partial charge in [-0.1, -0.05) is 12.1 Å². The van der Waals surface area contributed by atoms with Crippen molar-refractivity contribution in [2.45, 2.75) is 26.3 Å². The molecule has 1 atom stereocenters. The van der Waals surface area contributed by atoms with E-state index in [-0.39, 0.29) is 11.3 Å². The molecule has 2 aromatic carbocycles. The first kappa shape index (κ1) is 26.7. The molecular weight excluding hydrogens is 470 g/mol. The van der Waals surface area contributed by atoms with Crippen LogP contribution in [-0.2, 0) is 14.3 Å². The van der Waals surface area contributed by atoms with Gasteiger partial charge in [0.1, 0.15) is 11.5 Å². The molecule has 1 unspecified atom stereocenters. The molecule has 1 amide bonds. The van der Waals surface area contributed by atoms with Crippen LogP contribution < -0.4 is 9.64 Å². The molecule has 2 aliphatic rings. The predicted octanol–water partition coefficient (Wildman–Crippen LogP) is 3.60. The van der Waals surface area contributed by atoms with Gasteiger partial charge in [-0.05, 0) is 61.7 Å². The molecule has 0 spiro atoms. The summed E-state index contributed by atoms with van der Waals surface area (Å²) >= 11 is 0. The van der Waals surface area contributed by atoms with Crippen LogP contribution in [0, 0.1) is 6.92 Å². The van der Waals surface area contributed by atoms with Gasteiger partial charge < -0.3 is 24.4 Å². The molecule has 2 aromatic rings. The number of hydrogen-bond donors (Lipinski definition) is 1. The summed E-state index contributed by atoms with van der Waals surface area (Å²) in [7, 11) is 3.92. The van der Waals surface area contributed by atoms with E-state index in [1.165, 1.54) is 0 Å². The van der Waals surface area contributed by atoms with E-state index in [2.05, 4.69) is 4.90 Å². The minimum Gasteiger partial charge on any atom is -0.507 e. The Hall–Kier alpha value is -3.36. The first-order valence-corrected chi connectivity index (χ1v) is 12.9. The predicted molar refractivity (Wildman–Crippen MR) is 144 cm³/mol. The number of nitrogens with zero attached hydrogens (tertiary/aromatic N) is 3. The smallest absolute Gasteiger partial charge is 0.295 e. The molecule has 0 radical (unpaired) electrons. The maximum Gasteiger partial charge on any atom is 0.295 e. The van der Waals surface area contributed by atoms with Crippen molar-refractivity contribution in [2.24, 2.45) is 0 Å². The first-order chi connectivity index (χ1) is 17.8. The number of benzene rings is 2. The van der Waals surface area contributed by atoms with E-state index in [0.717, 1.165) is 48.6 Å². The highest BCUT2D eigenvalue weighted by molar-refractivity contribution is 6.46. The van der Waals surface area contributed by atoms with Gasteiger partial charge in [0.25, 0.3) is 11.7 Å². The van der Waals surface area contributed by atoms with Crippen LogP contribution in [0.15, 0.2) is 48.0 Å². The first-order valence-electron chi connectivity index (χ1n) is 12.9. The molecule has 2 heterocycles. The monoisotopic (exact) mass is 507 g/mol. The average Bonchev–Trinajstić information content (AvgIpc) is 3.15. The number of Topliss-reactive ketones (excluding diaryl/α,β-unsaturated/α-hetero) is 1. The van der Waals surface area contributed by atoms with Crippen molar-refractivity contribution in [3.05, 3.63) is 64.7 Å². The van der Waals surface area contributed by atoms with Crippen molar-refractivity contribution in [3.8, 4) is 5.75 Å². The van der Waals surface area contributed by atoms with Crippen molar-refractivity contribution in [3.63, 3.8) is 0 Å². The van der Waals surface area contributed by atoms with Gasteiger partial charge >= 0.3 is 0 Å². The summed E-state index contributed by atoms with van der Waals surface area (Å²) in [6.45, 7) is 8.73. The summed E-state index contributed by atoms with van der Waals surface area (Å²) < 4.78 is 11.1. The molecule has 0 aromatic heterocycles. The highest BCUT2D eigenvalue weighted by atomic mass is 16.5. The largest absolute Gasteiger partial charge is 0.507 e. The Labute approximate surface area is 219 Å². The van der Waals surface area contributed by atoms with Gasteiger partial charge in [-0.2, -0.15) is 0 Å². The number of carbonyl (C=O) groups excluding carboxylic acids is 2. The Morgan fingerprint density at radius 1 is 1.08 bits per heavy atom. The van der Waals surface area contributed by atoms with Crippen LogP contribution in [0.4, 0.5) is 5.69 Å². The maximum atomic E-state index is 13.3. The fourth-order valence-corrected chi connectivity index (χ4v) is 4.97. The summed E-state index contributed by atoms with van der Waals surface area (Å²) in [5.41, 5.74) is 3.26. The highest BCUT2D eigenvalue weighted by Gasteiger charge is 2.45. The highest BCUT2D eigenvalue weighted by Crippen LogP contribution is 2.40. The number of morpholine rings is 1. The minimum absolute atomic E-state index is 0.123. The van der Waals surface area contributed by atoms with Crippen LogP contribution in [0.2, 0.25) is 0 Å². The normalized spacial score (nSPS) is 19.9. The Bertz CT molecular complexity index is 1150. The number of aryl methyl sites for hydroxylation is 1. The molecule has 0 saturated carbocycles. The molecule has 37 heavy (non-hydrogen) atoms. The quantitative estimate of drug-likeness (QED) is 0.315. The second kappa shape index (κ2) is 11.8. The molecule has 1 N–H and O–H groups in total. The molecule has 2 saturated heterocycles. The summed E-state index contributed by atoms with van der Waals surface area (Å²) in [5.74, 6) is -0.676. The van der Waals surface area contributed by atoms with Crippen LogP contribution in [0.1, 0.15) is 36.1 Å². The van der Waals surface area contributed by atoms with Crippen molar-refractivity contribution < 1.29 is 24.2 Å². The Balaban J connectivity index is 1.69. The lowest BCUT2D eigenvalue weighted by molar-refractivity contribution is -0.140. The number of aliphatic hydroxyl groups is 1. The summed E-state index contributed by atoms with van der Waals surface area (Å²) in [6, 6.07) is 12.4. The zero-order valence-electron chi connectivity index (χ0n) is 22.2. The number of aliphatic hydroxyl groups excluding tert-OH is 1. The van der Waals surface area contributed by atoms with E-state index < -0.39 is 17.7 Å². The summed E-state index contributed by atoms with van der Waals surface area (Å²) in [5, 5.41) is 11.4. The van der Waals surface area contributed by atoms with Crippen molar-refractivity contribution in [1.29, 1.82) is 0 Å². The molecular formula is C29H37N3O5. The van der Waals surface area contributed by atoms with E-state index in [0.29, 0.717) is 31.9 Å². The maximum absolute atomic E-state index is 13.3. The van der Waals surface area contributed by atoms with Crippen LogP contribution in [0.5, 0.6) is 5.75 Å². The molecule has 0 bridgehead atoms. The SMILES string of the molecule is CCOc1ccc(C(O)=C2C(=O)C(=O)N(CCCN3CCOCC3)C2c2ccc(N(C)C)cc2)cc1C. The fraction of sp³-hybridized carbons (Fsp3) is 0.448. The van der Waals surface area contributed by atoms with Crippen LogP contribution in [0.3, 0.4) is 0 Å². The molecule has 2 fully saturated rings. The zero-order chi connectivity index (χ0) is 26.5. The zero-order valence-corrected chi connectivity index (χ0v) is 22.2. The Kier molecular flexibility index (Phi) is 8.51. The second-order valence-corrected chi connectivity index (χ2v) is 9.70. The molecule has 8 heteroatoms. The molecule has 8 nitrogen and oxygen atoms in total. The van der Waals surface area contributed by atoms with Gasteiger partial charge in [-0.3, -0.25) is 14.5 Å².